The van der Waals surface area contributed by atoms with Crippen molar-refractivity contribution in [3.63, 3.8) is 0 Å². The van der Waals surface area contributed by atoms with E-state index in [2.05, 4.69) is 32.6 Å². The van der Waals surface area contributed by atoms with E-state index < -0.39 is 0 Å². The van der Waals surface area contributed by atoms with E-state index in [-0.39, 0.29) is 11.5 Å². The number of H-pyrrole nitrogens is 1. The molecule has 20 heavy (non-hydrogen) atoms. The standard InChI is InChI=1S/C13H15N5O2/c1-7-5-10(7)11-4-3-9(20-11)6-14-17-13-15-12(19)8(2)16-18-13/h3-4,6-7,10H,5H2,1-2H3,(H2,15,17,18,19)/b14-6-/t7-,10-/m1/s1. The second-order valence-corrected chi connectivity index (χ2v) is 5.02. The molecule has 1 aliphatic carbocycles. The summed E-state index contributed by atoms with van der Waals surface area (Å²) in [5, 5.41) is 11.4. The summed E-state index contributed by atoms with van der Waals surface area (Å²) in [4.78, 5) is 13.8. The molecule has 0 aliphatic heterocycles. The molecule has 2 heterocycles. The molecule has 2 aromatic rings. The van der Waals surface area contributed by atoms with Crippen LogP contribution in [0.15, 0.2) is 26.4 Å². The van der Waals surface area contributed by atoms with E-state index >= 15 is 0 Å². The lowest BCUT2D eigenvalue weighted by atomic mass is 10.3. The van der Waals surface area contributed by atoms with Gasteiger partial charge in [-0.15, -0.1) is 10.2 Å². The van der Waals surface area contributed by atoms with E-state index in [4.69, 9.17) is 4.42 Å². The SMILES string of the molecule is Cc1nnc(N/N=C\c2ccc([C@@H]3C[C@H]3C)o2)[nH]c1=O. The summed E-state index contributed by atoms with van der Waals surface area (Å²) < 4.78 is 5.66. The first-order valence-corrected chi connectivity index (χ1v) is 6.46. The number of hydrogen-bond donors (Lipinski definition) is 2. The molecule has 0 unspecified atom stereocenters. The fourth-order valence-electron chi connectivity index (χ4n) is 1.96. The number of rotatable bonds is 4. The van der Waals surface area contributed by atoms with E-state index in [1.807, 2.05) is 12.1 Å². The molecule has 7 heteroatoms. The summed E-state index contributed by atoms with van der Waals surface area (Å²) in [7, 11) is 0. The number of aryl methyl sites for hydroxylation is 1. The molecule has 1 saturated carbocycles. The van der Waals surface area contributed by atoms with Crippen molar-refractivity contribution >= 4 is 12.2 Å². The van der Waals surface area contributed by atoms with Crippen LogP contribution in [-0.2, 0) is 0 Å². The predicted molar refractivity (Wildman–Crippen MR) is 73.8 cm³/mol. The number of nitrogens with zero attached hydrogens (tertiary/aromatic N) is 3. The van der Waals surface area contributed by atoms with Crippen molar-refractivity contribution in [2.75, 3.05) is 5.43 Å². The lowest BCUT2D eigenvalue weighted by molar-refractivity contribution is 0.500. The number of nitrogens with one attached hydrogen (secondary N) is 2. The Kier molecular flexibility index (Phi) is 3.09. The van der Waals surface area contributed by atoms with Gasteiger partial charge in [0.25, 0.3) is 5.56 Å². The quantitative estimate of drug-likeness (QED) is 0.652. The molecule has 2 aromatic heterocycles. The Balaban J connectivity index is 1.63. The van der Waals surface area contributed by atoms with Gasteiger partial charge in [-0.25, -0.2) is 5.43 Å². The third-order valence-corrected chi connectivity index (χ3v) is 3.35. The lowest BCUT2D eigenvalue weighted by Gasteiger charge is -1.97. The zero-order valence-electron chi connectivity index (χ0n) is 11.3. The minimum atomic E-state index is -0.291. The highest BCUT2D eigenvalue weighted by molar-refractivity contribution is 5.76. The number of anilines is 1. The highest BCUT2D eigenvalue weighted by atomic mass is 16.3. The van der Waals surface area contributed by atoms with Gasteiger partial charge in [0.2, 0.25) is 5.95 Å². The maximum atomic E-state index is 11.3. The third-order valence-electron chi connectivity index (χ3n) is 3.35. The van der Waals surface area contributed by atoms with E-state index in [1.54, 1.807) is 6.92 Å². The van der Waals surface area contributed by atoms with Gasteiger partial charge < -0.3 is 4.42 Å². The van der Waals surface area contributed by atoms with Crippen molar-refractivity contribution in [2.24, 2.45) is 11.0 Å². The summed E-state index contributed by atoms with van der Waals surface area (Å²) in [6, 6.07) is 3.85. The van der Waals surface area contributed by atoms with Crippen LogP contribution in [0.25, 0.3) is 0 Å². The molecular weight excluding hydrogens is 258 g/mol. The molecular formula is C13H15N5O2. The van der Waals surface area contributed by atoms with Gasteiger partial charge in [0, 0.05) is 5.92 Å². The van der Waals surface area contributed by atoms with Crippen LogP contribution in [0.3, 0.4) is 0 Å². The van der Waals surface area contributed by atoms with Crippen molar-refractivity contribution in [3.8, 4) is 0 Å². The maximum Gasteiger partial charge on any atom is 0.274 e. The first-order chi connectivity index (χ1) is 9.63. The monoisotopic (exact) mass is 273 g/mol. The second kappa shape index (κ2) is 4.92. The third kappa shape index (κ3) is 2.61. The topological polar surface area (TPSA) is 96.2 Å². The van der Waals surface area contributed by atoms with E-state index in [1.165, 1.54) is 12.6 Å². The molecule has 3 rings (SSSR count). The van der Waals surface area contributed by atoms with Gasteiger partial charge in [0.15, 0.2) is 0 Å². The fourth-order valence-corrected chi connectivity index (χ4v) is 1.96. The molecule has 0 amide bonds. The number of hydrogen-bond acceptors (Lipinski definition) is 6. The first kappa shape index (κ1) is 12.6. The van der Waals surface area contributed by atoms with Gasteiger partial charge in [-0.2, -0.15) is 5.10 Å². The van der Waals surface area contributed by atoms with Crippen molar-refractivity contribution in [2.45, 2.75) is 26.2 Å². The van der Waals surface area contributed by atoms with Gasteiger partial charge in [-0.05, 0) is 31.4 Å². The minimum absolute atomic E-state index is 0.194. The van der Waals surface area contributed by atoms with E-state index in [9.17, 15) is 4.79 Å². The number of hydrazone groups is 1. The summed E-state index contributed by atoms with van der Waals surface area (Å²) in [5.74, 6) is 3.11. The fraction of sp³-hybridized carbons (Fsp3) is 0.385. The molecule has 2 atom stereocenters. The van der Waals surface area contributed by atoms with Gasteiger partial charge in [-0.1, -0.05) is 6.92 Å². The number of aromatic nitrogens is 3. The highest BCUT2D eigenvalue weighted by Gasteiger charge is 2.36. The molecule has 0 bridgehead atoms. The predicted octanol–water partition coefficient (Wildman–Crippen LogP) is 1.64. The van der Waals surface area contributed by atoms with Crippen molar-refractivity contribution < 1.29 is 4.42 Å². The van der Waals surface area contributed by atoms with Gasteiger partial charge >= 0.3 is 0 Å². The van der Waals surface area contributed by atoms with Crippen LogP contribution in [-0.4, -0.2) is 21.4 Å². The smallest absolute Gasteiger partial charge is 0.274 e. The zero-order chi connectivity index (χ0) is 14.1. The van der Waals surface area contributed by atoms with E-state index in [0.29, 0.717) is 23.3 Å². The minimum Gasteiger partial charge on any atom is -0.460 e. The zero-order valence-corrected chi connectivity index (χ0v) is 11.3. The Morgan fingerprint density at radius 1 is 1.50 bits per heavy atom. The van der Waals surface area contributed by atoms with Crippen LogP contribution in [0, 0.1) is 12.8 Å². The molecule has 1 aliphatic rings. The Bertz CT molecular complexity index is 703. The summed E-state index contributed by atoms with van der Waals surface area (Å²) in [6.07, 6.45) is 2.72. The van der Waals surface area contributed by atoms with E-state index in [0.717, 1.165) is 5.76 Å². The molecule has 2 N–H and O–H groups in total. The Morgan fingerprint density at radius 3 is 3.00 bits per heavy atom. The summed E-state index contributed by atoms with van der Waals surface area (Å²) in [6.45, 7) is 3.79. The molecule has 0 spiro atoms. The summed E-state index contributed by atoms with van der Waals surface area (Å²) in [5.41, 5.74) is 2.63. The van der Waals surface area contributed by atoms with Gasteiger partial charge in [0.1, 0.15) is 17.2 Å². The maximum absolute atomic E-state index is 11.3. The van der Waals surface area contributed by atoms with Gasteiger partial charge in [-0.3, -0.25) is 9.78 Å². The van der Waals surface area contributed by atoms with Crippen LogP contribution in [0.4, 0.5) is 5.95 Å². The van der Waals surface area contributed by atoms with Crippen molar-refractivity contribution in [1.82, 2.24) is 15.2 Å². The molecule has 0 aromatic carbocycles. The largest absolute Gasteiger partial charge is 0.460 e. The lowest BCUT2D eigenvalue weighted by Crippen LogP contribution is -2.15. The first-order valence-electron chi connectivity index (χ1n) is 6.46. The molecule has 1 fully saturated rings. The average molecular weight is 273 g/mol. The Hall–Kier alpha value is -2.44. The highest BCUT2D eigenvalue weighted by Crippen LogP contribution is 2.47. The molecule has 0 radical (unpaired) electrons. The van der Waals surface area contributed by atoms with Gasteiger partial charge in [0.05, 0.1) is 6.21 Å². The molecule has 0 saturated heterocycles. The van der Waals surface area contributed by atoms with Crippen LogP contribution < -0.4 is 11.0 Å². The van der Waals surface area contributed by atoms with Crippen LogP contribution in [0.5, 0.6) is 0 Å². The van der Waals surface area contributed by atoms with Crippen LogP contribution >= 0.6 is 0 Å². The summed E-state index contributed by atoms with van der Waals surface area (Å²) >= 11 is 0. The second-order valence-electron chi connectivity index (χ2n) is 5.02. The number of aromatic amines is 1. The molecule has 104 valence electrons. The van der Waals surface area contributed by atoms with Crippen LogP contribution in [0.1, 0.15) is 36.5 Å². The Labute approximate surface area is 115 Å². The normalized spacial score (nSPS) is 21.3. The molecule has 7 nitrogen and oxygen atoms in total. The van der Waals surface area contributed by atoms with Crippen LogP contribution in [0.2, 0.25) is 0 Å². The van der Waals surface area contributed by atoms with Crippen molar-refractivity contribution in [3.05, 3.63) is 39.7 Å². The average Bonchev–Trinajstić information content (AvgIpc) is 2.97. The van der Waals surface area contributed by atoms with Crippen molar-refractivity contribution in [1.29, 1.82) is 0 Å². The number of furan rings is 1. The Morgan fingerprint density at radius 2 is 2.30 bits per heavy atom.